The highest BCUT2D eigenvalue weighted by molar-refractivity contribution is 7.99. The van der Waals surface area contributed by atoms with Crippen LogP contribution in [0.1, 0.15) is 12.8 Å². The Labute approximate surface area is 86.5 Å². The zero-order chi connectivity index (χ0) is 8.93. The van der Waals surface area contributed by atoms with E-state index in [0.29, 0.717) is 0 Å². The van der Waals surface area contributed by atoms with Gasteiger partial charge in [-0.25, -0.2) is 4.98 Å². The van der Waals surface area contributed by atoms with Gasteiger partial charge in [-0.2, -0.15) is 16.1 Å². The van der Waals surface area contributed by atoms with E-state index < -0.39 is 0 Å². The molecule has 0 aromatic carbocycles. The molecule has 1 N–H and O–H groups in total. The Morgan fingerprint density at radius 2 is 2.62 bits per heavy atom. The quantitative estimate of drug-likeness (QED) is 0.838. The number of nitrogens with one attached hydrogen (secondary N) is 1. The third-order valence-electron chi connectivity index (χ3n) is 2.16. The third-order valence-corrected chi connectivity index (χ3v) is 4.06. The zero-order valence-electron chi connectivity index (χ0n) is 7.40. The van der Waals surface area contributed by atoms with Crippen molar-refractivity contribution in [3.8, 4) is 0 Å². The van der Waals surface area contributed by atoms with Crippen LogP contribution in [0.15, 0.2) is 6.33 Å². The van der Waals surface area contributed by atoms with Crippen LogP contribution >= 0.6 is 23.3 Å². The lowest BCUT2D eigenvalue weighted by Crippen LogP contribution is -2.19. The van der Waals surface area contributed by atoms with Gasteiger partial charge in [-0.3, -0.25) is 0 Å². The van der Waals surface area contributed by atoms with E-state index in [4.69, 9.17) is 0 Å². The molecule has 0 spiro atoms. The van der Waals surface area contributed by atoms with E-state index in [1.165, 1.54) is 35.9 Å². The largest absolute Gasteiger partial charge is 0.360 e. The number of aromatic nitrogens is 2. The summed E-state index contributed by atoms with van der Waals surface area (Å²) in [5.41, 5.74) is 0. The molecule has 1 unspecified atom stereocenters. The van der Waals surface area contributed by atoms with Crippen LogP contribution in [-0.2, 0) is 0 Å². The van der Waals surface area contributed by atoms with Gasteiger partial charge in [0.05, 0.1) is 0 Å². The Morgan fingerprint density at radius 1 is 1.62 bits per heavy atom. The maximum absolute atomic E-state index is 4.09. The van der Waals surface area contributed by atoms with Crippen molar-refractivity contribution in [2.24, 2.45) is 5.92 Å². The summed E-state index contributed by atoms with van der Waals surface area (Å²) in [5.74, 6) is 3.46. The summed E-state index contributed by atoms with van der Waals surface area (Å²) in [5, 5.41) is 4.28. The van der Waals surface area contributed by atoms with Gasteiger partial charge in [0.1, 0.15) is 6.33 Å². The first-order chi connectivity index (χ1) is 6.45. The van der Waals surface area contributed by atoms with Crippen LogP contribution in [0, 0.1) is 5.92 Å². The number of thioether (sulfide) groups is 1. The topological polar surface area (TPSA) is 37.8 Å². The molecule has 1 aromatic rings. The first-order valence-electron chi connectivity index (χ1n) is 4.53. The molecule has 1 aromatic heterocycles. The van der Waals surface area contributed by atoms with Gasteiger partial charge in [0, 0.05) is 18.1 Å². The van der Waals surface area contributed by atoms with Gasteiger partial charge >= 0.3 is 0 Å². The maximum atomic E-state index is 4.09. The fraction of sp³-hybridized carbons (Fsp3) is 0.750. The van der Waals surface area contributed by atoms with Crippen LogP contribution in [0.25, 0.3) is 0 Å². The van der Waals surface area contributed by atoms with Crippen molar-refractivity contribution >= 4 is 28.4 Å². The molecule has 1 aliphatic heterocycles. The summed E-state index contributed by atoms with van der Waals surface area (Å²) < 4.78 is 3.95. The Bertz CT molecular complexity index is 232. The smallest absolute Gasteiger partial charge is 0.202 e. The number of anilines is 1. The highest BCUT2D eigenvalue weighted by atomic mass is 32.2. The molecule has 1 aliphatic rings. The van der Waals surface area contributed by atoms with E-state index in [0.717, 1.165) is 17.6 Å². The highest BCUT2D eigenvalue weighted by Crippen LogP contribution is 2.22. The second kappa shape index (κ2) is 4.81. The van der Waals surface area contributed by atoms with Crippen molar-refractivity contribution in [2.75, 3.05) is 23.4 Å². The first kappa shape index (κ1) is 9.27. The predicted octanol–water partition coefficient (Wildman–Crippen LogP) is 2.09. The fourth-order valence-electron chi connectivity index (χ4n) is 1.45. The number of nitrogens with zero attached hydrogens (tertiary/aromatic N) is 2. The molecule has 0 bridgehead atoms. The monoisotopic (exact) mass is 215 g/mol. The number of rotatable bonds is 3. The molecular formula is C8H13N3S2. The lowest BCUT2D eigenvalue weighted by molar-refractivity contribution is 0.548. The van der Waals surface area contributed by atoms with Crippen molar-refractivity contribution in [2.45, 2.75) is 12.8 Å². The average Bonchev–Trinajstić information content (AvgIpc) is 2.69. The minimum Gasteiger partial charge on any atom is -0.360 e. The second-order valence-electron chi connectivity index (χ2n) is 3.21. The van der Waals surface area contributed by atoms with E-state index in [1.807, 2.05) is 0 Å². The molecule has 1 fully saturated rings. The molecule has 2 heterocycles. The molecule has 3 nitrogen and oxygen atoms in total. The van der Waals surface area contributed by atoms with E-state index in [2.05, 4.69) is 26.4 Å². The summed E-state index contributed by atoms with van der Waals surface area (Å²) in [6.07, 6.45) is 4.33. The summed E-state index contributed by atoms with van der Waals surface area (Å²) >= 11 is 3.50. The third kappa shape index (κ3) is 2.84. The van der Waals surface area contributed by atoms with Crippen LogP contribution in [0.5, 0.6) is 0 Å². The van der Waals surface area contributed by atoms with Crippen LogP contribution < -0.4 is 5.32 Å². The van der Waals surface area contributed by atoms with E-state index in [1.54, 1.807) is 6.33 Å². The van der Waals surface area contributed by atoms with Gasteiger partial charge in [-0.15, -0.1) is 0 Å². The van der Waals surface area contributed by atoms with E-state index in [-0.39, 0.29) is 0 Å². The molecule has 13 heavy (non-hydrogen) atoms. The van der Waals surface area contributed by atoms with Crippen LogP contribution in [0.3, 0.4) is 0 Å². The maximum Gasteiger partial charge on any atom is 0.202 e. The number of hydrogen-bond donors (Lipinski definition) is 1. The van der Waals surface area contributed by atoms with Crippen molar-refractivity contribution in [1.82, 2.24) is 9.36 Å². The normalized spacial score (nSPS) is 22.9. The van der Waals surface area contributed by atoms with Crippen LogP contribution in [0.4, 0.5) is 5.13 Å². The zero-order valence-corrected chi connectivity index (χ0v) is 9.03. The van der Waals surface area contributed by atoms with Gasteiger partial charge in [-0.05, 0) is 30.3 Å². The minimum absolute atomic E-state index is 0.822. The standard InChI is InChI=1S/C8H13N3S2/c1-2-7(5-12-3-1)4-9-8-10-6-11-13-8/h6-7H,1-5H2,(H,9,10,11). The minimum atomic E-state index is 0.822. The molecular weight excluding hydrogens is 202 g/mol. The first-order valence-corrected chi connectivity index (χ1v) is 6.46. The molecule has 2 rings (SSSR count). The van der Waals surface area contributed by atoms with Crippen molar-refractivity contribution in [3.63, 3.8) is 0 Å². The van der Waals surface area contributed by atoms with Crippen molar-refractivity contribution in [3.05, 3.63) is 6.33 Å². The molecule has 0 radical (unpaired) electrons. The van der Waals surface area contributed by atoms with Crippen molar-refractivity contribution in [1.29, 1.82) is 0 Å². The van der Waals surface area contributed by atoms with Gasteiger partial charge in [0.15, 0.2) is 0 Å². The Kier molecular flexibility index (Phi) is 3.43. The van der Waals surface area contributed by atoms with Gasteiger partial charge < -0.3 is 5.32 Å². The summed E-state index contributed by atoms with van der Waals surface area (Å²) in [6.45, 7) is 1.06. The average molecular weight is 215 g/mol. The lowest BCUT2D eigenvalue weighted by Gasteiger charge is -2.20. The molecule has 1 atom stereocenters. The predicted molar refractivity (Wildman–Crippen MR) is 58.4 cm³/mol. The number of hydrogen-bond acceptors (Lipinski definition) is 5. The molecule has 0 aliphatic carbocycles. The van der Waals surface area contributed by atoms with Crippen LogP contribution in [-0.4, -0.2) is 27.4 Å². The fourth-order valence-corrected chi connectivity index (χ4v) is 3.04. The second-order valence-corrected chi connectivity index (χ2v) is 5.14. The van der Waals surface area contributed by atoms with E-state index in [9.17, 15) is 0 Å². The van der Waals surface area contributed by atoms with Gasteiger partial charge in [0.25, 0.3) is 0 Å². The van der Waals surface area contributed by atoms with Crippen molar-refractivity contribution < 1.29 is 0 Å². The lowest BCUT2D eigenvalue weighted by atomic mass is 10.1. The molecule has 1 saturated heterocycles. The van der Waals surface area contributed by atoms with E-state index >= 15 is 0 Å². The van der Waals surface area contributed by atoms with Gasteiger partial charge in [0.2, 0.25) is 5.13 Å². The Balaban J connectivity index is 1.72. The summed E-state index contributed by atoms with van der Waals surface area (Å²) in [6, 6.07) is 0. The highest BCUT2D eigenvalue weighted by Gasteiger charge is 2.13. The molecule has 0 amide bonds. The molecule has 5 heteroatoms. The van der Waals surface area contributed by atoms with Gasteiger partial charge in [-0.1, -0.05) is 0 Å². The SMILES string of the molecule is c1nsc(NCC2CCCSC2)n1. The molecule has 0 saturated carbocycles. The Hall–Kier alpha value is -0.290. The summed E-state index contributed by atoms with van der Waals surface area (Å²) in [7, 11) is 0. The summed E-state index contributed by atoms with van der Waals surface area (Å²) in [4.78, 5) is 4.09. The van der Waals surface area contributed by atoms with Crippen LogP contribution in [0.2, 0.25) is 0 Å². The molecule has 72 valence electrons. The Morgan fingerprint density at radius 3 is 3.31 bits per heavy atom.